The average Bonchev–Trinajstić information content (AvgIpc) is 3.26. The molecule has 178 valence electrons. The van der Waals surface area contributed by atoms with Crippen molar-refractivity contribution < 1.29 is 22.5 Å². The van der Waals surface area contributed by atoms with Gasteiger partial charge in [0.1, 0.15) is 5.82 Å². The predicted molar refractivity (Wildman–Crippen MR) is 119 cm³/mol. The maximum Gasteiger partial charge on any atom is 0.416 e. The minimum Gasteiger partial charge on any atom is -0.395 e. The van der Waals surface area contributed by atoms with Crippen LogP contribution in [0.4, 0.5) is 24.7 Å². The van der Waals surface area contributed by atoms with E-state index >= 15 is 0 Å². The van der Waals surface area contributed by atoms with Crippen molar-refractivity contribution >= 4 is 17.4 Å². The number of nitrogen functional groups attached to an aromatic ring is 2. The molecule has 0 saturated carbocycles. The Morgan fingerprint density at radius 1 is 1.12 bits per heavy atom. The second-order valence-corrected chi connectivity index (χ2v) is 7.88. The topological polar surface area (TPSA) is 133 Å². The van der Waals surface area contributed by atoms with E-state index < -0.39 is 29.6 Å². The van der Waals surface area contributed by atoms with Gasteiger partial charge in [0, 0.05) is 23.7 Å². The molecule has 5 N–H and O–H groups in total. The Morgan fingerprint density at radius 2 is 1.79 bits per heavy atom. The third kappa shape index (κ3) is 5.99. The lowest BCUT2D eigenvalue weighted by Crippen LogP contribution is -2.25. The van der Waals surface area contributed by atoms with Crippen LogP contribution in [0, 0.1) is 0 Å². The molecular formula is C22H27F3N6O2. The van der Waals surface area contributed by atoms with E-state index in [-0.39, 0.29) is 28.5 Å². The second kappa shape index (κ2) is 9.88. The van der Waals surface area contributed by atoms with Crippen LogP contribution in [0.2, 0.25) is 0 Å². The number of benzene rings is 1. The summed E-state index contributed by atoms with van der Waals surface area (Å²) in [5, 5.41) is 6.11. The minimum atomic E-state index is -4.66. The van der Waals surface area contributed by atoms with Crippen molar-refractivity contribution in [3.8, 4) is 11.1 Å². The van der Waals surface area contributed by atoms with Crippen LogP contribution in [0.15, 0.2) is 35.0 Å². The van der Waals surface area contributed by atoms with Crippen molar-refractivity contribution in [1.82, 2.24) is 20.4 Å². The molecule has 3 aromatic rings. The predicted octanol–water partition coefficient (Wildman–Crippen LogP) is 4.57. The normalized spacial score (nSPS) is 11.5. The first-order valence-electron chi connectivity index (χ1n) is 10.2. The molecule has 0 unspecified atom stereocenters. The van der Waals surface area contributed by atoms with Crippen LogP contribution in [-0.4, -0.2) is 21.0 Å². The molecule has 0 aliphatic carbocycles. The lowest BCUT2D eigenvalue weighted by molar-refractivity contribution is -0.138. The summed E-state index contributed by atoms with van der Waals surface area (Å²) in [6.07, 6.45) is -3.30. The second-order valence-electron chi connectivity index (χ2n) is 7.88. The van der Waals surface area contributed by atoms with Gasteiger partial charge in [0.15, 0.2) is 5.82 Å². The molecule has 0 aliphatic rings. The fourth-order valence-corrected chi connectivity index (χ4v) is 2.77. The molecule has 0 aliphatic heterocycles. The van der Waals surface area contributed by atoms with Crippen LogP contribution in [0.1, 0.15) is 62.3 Å². The molecule has 2 heterocycles. The zero-order valence-corrected chi connectivity index (χ0v) is 19.0. The van der Waals surface area contributed by atoms with Crippen LogP contribution >= 0.6 is 0 Å². The number of nitrogens with two attached hydrogens (primary N) is 2. The van der Waals surface area contributed by atoms with Gasteiger partial charge in [-0.05, 0) is 23.3 Å². The number of hydrogen-bond acceptors (Lipinski definition) is 7. The number of pyridine rings is 1. The molecule has 0 bridgehead atoms. The molecule has 0 atom stereocenters. The molecule has 1 amide bonds. The van der Waals surface area contributed by atoms with E-state index in [4.69, 9.17) is 16.0 Å². The van der Waals surface area contributed by atoms with Gasteiger partial charge in [-0.1, -0.05) is 51.9 Å². The van der Waals surface area contributed by atoms with Crippen molar-refractivity contribution in [2.24, 2.45) is 0 Å². The van der Waals surface area contributed by atoms with Gasteiger partial charge in [0.25, 0.3) is 0 Å². The highest BCUT2D eigenvalue weighted by molar-refractivity contribution is 5.89. The van der Waals surface area contributed by atoms with Crippen molar-refractivity contribution in [3.63, 3.8) is 0 Å². The highest BCUT2D eigenvalue weighted by Gasteiger charge is 2.34. The van der Waals surface area contributed by atoms with E-state index in [1.165, 1.54) is 24.4 Å². The summed E-state index contributed by atoms with van der Waals surface area (Å²) in [6.45, 7) is 9.11. The van der Waals surface area contributed by atoms with Crippen LogP contribution in [0.5, 0.6) is 0 Å². The SMILES string of the molecule is CC.CC(C)(C)c1noc(C(=O)NCc2ccc(-c3ccnc(N)c3N)cc2C(F)(F)F)n1. The highest BCUT2D eigenvalue weighted by atomic mass is 19.4. The molecular weight excluding hydrogens is 437 g/mol. The van der Waals surface area contributed by atoms with E-state index in [9.17, 15) is 18.0 Å². The Morgan fingerprint density at radius 3 is 2.36 bits per heavy atom. The summed E-state index contributed by atoms with van der Waals surface area (Å²) in [6, 6.07) is 5.16. The average molecular weight is 464 g/mol. The number of anilines is 2. The molecule has 8 nitrogen and oxygen atoms in total. The largest absolute Gasteiger partial charge is 0.416 e. The first-order chi connectivity index (χ1) is 15.4. The van der Waals surface area contributed by atoms with E-state index in [0.717, 1.165) is 6.07 Å². The van der Waals surface area contributed by atoms with Gasteiger partial charge in [0.05, 0.1) is 11.3 Å². The first kappa shape index (κ1) is 25.6. The summed E-state index contributed by atoms with van der Waals surface area (Å²) in [7, 11) is 0. The van der Waals surface area contributed by atoms with Crippen molar-refractivity contribution in [2.45, 2.75) is 52.8 Å². The number of carbonyl (C=O) groups excluding carboxylic acids is 1. The van der Waals surface area contributed by atoms with Crippen LogP contribution < -0.4 is 16.8 Å². The fraction of sp³-hybridized carbons (Fsp3) is 0.364. The number of rotatable bonds is 4. The Kier molecular flexibility index (Phi) is 7.68. The number of nitrogens with zero attached hydrogens (tertiary/aromatic N) is 3. The molecule has 0 spiro atoms. The molecule has 0 radical (unpaired) electrons. The van der Waals surface area contributed by atoms with Gasteiger partial charge in [-0.15, -0.1) is 0 Å². The Balaban J connectivity index is 0.00000187. The Hall–Kier alpha value is -3.63. The monoisotopic (exact) mass is 464 g/mol. The zero-order chi connectivity index (χ0) is 25.0. The van der Waals surface area contributed by atoms with Crippen molar-refractivity contribution in [1.29, 1.82) is 0 Å². The maximum absolute atomic E-state index is 13.7. The lowest BCUT2D eigenvalue weighted by Gasteiger charge is -2.16. The number of halogens is 3. The standard InChI is InChI=1S/C20H21F3N6O2.C2H6/c1-19(2,3)18-28-17(31-29-18)16(30)27-9-11-5-4-10(8-13(11)20(21,22)23)12-6-7-26-15(25)14(12)24;1-2/h4-8H,9,24H2,1-3H3,(H2,25,26)(H,27,30);1-2H3. The molecule has 11 heteroatoms. The number of alkyl halides is 3. The molecule has 0 fully saturated rings. The van der Waals surface area contributed by atoms with Gasteiger partial charge in [-0.2, -0.15) is 18.2 Å². The molecule has 33 heavy (non-hydrogen) atoms. The number of nitrogens with one attached hydrogen (secondary N) is 1. The lowest BCUT2D eigenvalue weighted by atomic mass is 9.96. The van der Waals surface area contributed by atoms with Gasteiger partial charge >= 0.3 is 18.0 Å². The van der Waals surface area contributed by atoms with Crippen LogP contribution in [-0.2, 0) is 18.1 Å². The number of hydrogen-bond donors (Lipinski definition) is 3. The third-order valence-corrected chi connectivity index (χ3v) is 4.48. The number of carbonyl (C=O) groups is 1. The number of aromatic nitrogens is 3. The van der Waals surface area contributed by atoms with Crippen LogP contribution in [0.3, 0.4) is 0 Å². The summed E-state index contributed by atoms with van der Waals surface area (Å²) in [5.74, 6) is -0.759. The highest BCUT2D eigenvalue weighted by Crippen LogP contribution is 2.37. The molecule has 3 rings (SSSR count). The van der Waals surface area contributed by atoms with Gasteiger partial charge in [0.2, 0.25) is 0 Å². The van der Waals surface area contributed by atoms with Gasteiger partial charge in [-0.3, -0.25) is 4.79 Å². The van der Waals surface area contributed by atoms with Crippen molar-refractivity contribution in [3.05, 3.63) is 53.3 Å². The Labute approximate surface area is 189 Å². The van der Waals surface area contributed by atoms with Crippen molar-refractivity contribution in [2.75, 3.05) is 11.5 Å². The number of amides is 1. The van der Waals surface area contributed by atoms with E-state index in [1.807, 2.05) is 34.6 Å². The zero-order valence-electron chi connectivity index (χ0n) is 19.0. The Bertz CT molecular complexity index is 1120. The van der Waals surface area contributed by atoms with E-state index in [0.29, 0.717) is 11.4 Å². The minimum absolute atomic E-state index is 0.0246. The summed E-state index contributed by atoms with van der Waals surface area (Å²) in [5.41, 5.74) is 10.6. The molecule has 2 aromatic heterocycles. The maximum atomic E-state index is 13.7. The van der Waals surface area contributed by atoms with Crippen LogP contribution in [0.25, 0.3) is 11.1 Å². The first-order valence-corrected chi connectivity index (χ1v) is 10.2. The third-order valence-electron chi connectivity index (χ3n) is 4.48. The molecule has 1 aromatic carbocycles. The smallest absolute Gasteiger partial charge is 0.395 e. The van der Waals surface area contributed by atoms with E-state index in [1.54, 1.807) is 0 Å². The summed E-state index contributed by atoms with van der Waals surface area (Å²) in [4.78, 5) is 20.1. The summed E-state index contributed by atoms with van der Waals surface area (Å²) < 4.78 is 46.0. The van der Waals surface area contributed by atoms with Gasteiger partial charge < -0.3 is 21.3 Å². The van der Waals surface area contributed by atoms with E-state index in [2.05, 4.69) is 20.4 Å². The quantitative estimate of drug-likeness (QED) is 0.515. The van der Waals surface area contributed by atoms with Gasteiger partial charge in [-0.25, -0.2) is 4.98 Å². The molecule has 0 saturated heterocycles. The summed E-state index contributed by atoms with van der Waals surface area (Å²) >= 11 is 0. The fourth-order valence-electron chi connectivity index (χ4n) is 2.77.